The lowest BCUT2D eigenvalue weighted by Gasteiger charge is -2.15. The summed E-state index contributed by atoms with van der Waals surface area (Å²) in [5.41, 5.74) is 0.900. The van der Waals surface area contributed by atoms with E-state index in [2.05, 4.69) is 0 Å². The van der Waals surface area contributed by atoms with Gasteiger partial charge in [-0.1, -0.05) is 23.7 Å². The summed E-state index contributed by atoms with van der Waals surface area (Å²) >= 11 is 6.78. The summed E-state index contributed by atoms with van der Waals surface area (Å²) in [7, 11) is 2.86. The third-order valence-electron chi connectivity index (χ3n) is 3.69. The largest absolute Gasteiger partial charge is 0.503 e. The van der Waals surface area contributed by atoms with Crippen LogP contribution in [0.2, 0.25) is 5.02 Å². The van der Waals surface area contributed by atoms with Crippen LogP contribution < -0.4 is 14.4 Å². The molecule has 0 bridgehead atoms. The maximum atomic E-state index is 12.7. The van der Waals surface area contributed by atoms with Crippen molar-refractivity contribution < 1.29 is 24.2 Å². The van der Waals surface area contributed by atoms with E-state index in [0.29, 0.717) is 17.0 Å². The zero-order chi connectivity index (χ0) is 18.8. The van der Waals surface area contributed by atoms with Gasteiger partial charge in [-0.05, 0) is 47.7 Å². The van der Waals surface area contributed by atoms with E-state index >= 15 is 0 Å². The highest BCUT2D eigenvalue weighted by atomic mass is 35.5. The number of halogens is 1. The Hall–Kier alpha value is -2.64. The van der Waals surface area contributed by atoms with Gasteiger partial charge in [-0.3, -0.25) is 9.59 Å². The number of para-hydroxylation sites is 2. The van der Waals surface area contributed by atoms with E-state index in [1.54, 1.807) is 24.3 Å². The predicted octanol–water partition coefficient (Wildman–Crippen LogP) is 4.30. The number of anilines is 1. The number of hydrogen-bond acceptors (Lipinski definition) is 6. The fraction of sp³-hybridized carbons (Fsp3) is 0.111. The van der Waals surface area contributed by atoms with E-state index in [9.17, 15) is 14.7 Å². The molecule has 0 aliphatic carbocycles. The minimum Gasteiger partial charge on any atom is -0.503 e. The van der Waals surface area contributed by atoms with Crippen molar-refractivity contribution in [2.75, 3.05) is 19.1 Å². The summed E-state index contributed by atoms with van der Waals surface area (Å²) in [4.78, 5) is 26.4. The van der Waals surface area contributed by atoms with E-state index in [1.807, 2.05) is 0 Å². The van der Waals surface area contributed by atoms with Gasteiger partial charge in [-0.25, -0.2) is 4.90 Å². The zero-order valence-corrected chi connectivity index (χ0v) is 15.4. The van der Waals surface area contributed by atoms with Crippen LogP contribution in [0.4, 0.5) is 10.5 Å². The lowest BCUT2D eigenvalue weighted by molar-refractivity contribution is -0.113. The number of amides is 2. The van der Waals surface area contributed by atoms with E-state index in [0.717, 1.165) is 16.7 Å². The monoisotopic (exact) mass is 391 g/mol. The van der Waals surface area contributed by atoms with Crippen LogP contribution in [-0.2, 0) is 4.79 Å². The van der Waals surface area contributed by atoms with Crippen LogP contribution in [0, 0.1) is 0 Å². The highest BCUT2D eigenvalue weighted by Crippen LogP contribution is 2.41. The first-order valence-corrected chi connectivity index (χ1v) is 8.63. The number of thioether (sulfide) groups is 1. The molecule has 1 aliphatic heterocycles. The first-order chi connectivity index (χ1) is 12.5. The van der Waals surface area contributed by atoms with Crippen LogP contribution in [0.3, 0.4) is 0 Å². The number of nitrogens with zero attached hydrogens (tertiary/aromatic N) is 1. The molecule has 0 spiro atoms. The van der Waals surface area contributed by atoms with E-state index in [1.165, 1.54) is 32.4 Å². The average molecular weight is 392 g/mol. The number of carbonyl (C=O) groups is 2. The summed E-state index contributed by atoms with van der Waals surface area (Å²) in [6.07, 6.45) is 1.52. The van der Waals surface area contributed by atoms with Crippen molar-refractivity contribution in [3.8, 4) is 17.2 Å². The molecule has 1 aliphatic rings. The molecule has 0 aromatic heterocycles. The molecule has 1 heterocycles. The third-order valence-corrected chi connectivity index (χ3v) is 4.85. The molecule has 0 unspecified atom stereocenters. The van der Waals surface area contributed by atoms with Crippen molar-refractivity contribution >= 4 is 46.3 Å². The molecule has 0 saturated carbocycles. The Kier molecular flexibility index (Phi) is 5.11. The maximum absolute atomic E-state index is 12.7. The highest BCUT2D eigenvalue weighted by Gasteiger charge is 2.37. The molecule has 0 atom stereocenters. The molecule has 0 radical (unpaired) electrons. The lowest BCUT2D eigenvalue weighted by Crippen LogP contribution is -2.28. The van der Waals surface area contributed by atoms with E-state index < -0.39 is 11.1 Å². The van der Waals surface area contributed by atoms with Gasteiger partial charge >= 0.3 is 0 Å². The van der Waals surface area contributed by atoms with Gasteiger partial charge in [0.1, 0.15) is 5.75 Å². The van der Waals surface area contributed by atoms with Crippen LogP contribution in [0.25, 0.3) is 6.08 Å². The Morgan fingerprint density at radius 2 is 1.81 bits per heavy atom. The zero-order valence-electron chi connectivity index (χ0n) is 13.9. The van der Waals surface area contributed by atoms with Crippen LogP contribution in [0.15, 0.2) is 41.3 Å². The Balaban J connectivity index is 1.99. The molecule has 6 nitrogen and oxygen atoms in total. The molecule has 1 saturated heterocycles. The second kappa shape index (κ2) is 7.31. The van der Waals surface area contributed by atoms with Gasteiger partial charge in [0, 0.05) is 0 Å². The number of imide groups is 1. The number of benzene rings is 2. The predicted molar refractivity (Wildman–Crippen MR) is 101 cm³/mol. The molecule has 8 heteroatoms. The van der Waals surface area contributed by atoms with Gasteiger partial charge in [-0.2, -0.15) is 0 Å². The second-order valence-electron chi connectivity index (χ2n) is 5.24. The molecule has 134 valence electrons. The van der Waals surface area contributed by atoms with Crippen molar-refractivity contribution in [3.63, 3.8) is 0 Å². The quantitative estimate of drug-likeness (QED) is 0.783. The highest BCUT2D eigenvalue weighted by molar-refractivity contribution is 8.19. The number of phenolic OH excluding ortho intramolecular Hbond substituents is 1. The molecular weight excluding hydrogens is 378 g/mol. The third kappa shape index (κ3) is 3.23. The summed E-state index contributed by atoms with van der Waals surface area (Å²) in [5.74, 6) is -0.0563. The second-order valence-corrected chi connectivity index (χ2v) is 6.64. The van der Waals surface area contributed by atoms with E-state index in [4.69, 9.17) is 21.1 Å². The number of methoxy groups -OCH3 is 2. The van der Waals surface area contributed by atoms with E-state index in [-0.39, 0.29) is 21.4 Å². The average Bonchev–Trinajstić information content (AvgIpc) is 2.91. The van der Waals surface area contributed by atoms with Crippen molar-refractivity contribution in [3.05, 3.63) is 51.9 Å². The molecule has 1 fully saturated rings. The van der Waals surface area contributed by atoms with Gasteiger partial charge in [0.25, 0.3) is 11.1 Å². The molecule has 1 N–H and O–H groups in total. The van der Waals surface area contributed by atoms with Crippen molar-refractivity contribution in [2.24, 2.45) is 0 Å². The Bertz CT molecular complexity index is 928. The molecule has 3 rings (SSSR count). The maximum Gasteiger partial charge on any atom is 0.298 e. The number of phenols is 1. The van der Waals surface area contributed by atoms with Gasteiger partial charge in [0.15, 0.2) is 11.5 Å². The van der Waals surface area contributed by atoms with Crippen LogP contribution in [0.5, 0.6) is 17.2 Å². The lowest BCUT2D eigenvalue weighted by atomic mass is 10.1. The summed E-state index contributed by atoms with van der Waals surface area (Å²) < 4.78 is 10.3. The van der Waals surface area contributed by atoms with Crippen LogP contribution >= 0.6 is 23.4 Å². The van der Waals surface area contributed by atoms with Crippen LogP contribution in [0.1, 0.15) is 5.56 Å². The van der Waals surface area contributed by atoms with Gasteiger partial charge in [0.2, 0.25) is 0 Å². The summed E-state index contributed by atoms with van der Waals surface area (Å²) in [6.45, 7) is 0. The first kappa shape index (κ1) is 18.2. The summed E-state index contributed by atoms with van der Waals surface area (Å²) in [6, 6.07) is 9.79. The fourth-order valence-electron chi connectivity index (χ4n) is 2.47. The Morgan fingerprint density at radius 1 is 1.12 bits per heavy atom. The van der Waals surface area contributed by atoms with Crippen molar-refractivity contribution in [2.45, 2.75) is 0 Å². The summed E-state index contributed by atoms with van der Waals surface area (Å²) in [5, 5.41) is 9.45. The topological polar surface area (TPSA) is 76.1 Å². The number of rotatable bonds is 4. The van der Waals surface area contributed by atoms with Gasteiger partial charge in [0.05, 0.1) is 29.8 Å². The van der Waals surface area contributed by atoms with Crippen molar-refractivity contribution in [1.82, 2.24) is 0 Å². The standard InChI is InChI=1S/C18H14ClNO5S/c1-24-13-6-4-3-5-12(13)20-17(22)15(26-18(20)23)9-10-7-11(19)16(21)14(8-10)25-2/h3-9,21H,1-2H3. The molecule has 2 aromatic carbocycles. The minimum absolute atomic E-state index is 0.0829. The smallest absolute Gasteiger partial charge is 0.298 e. The number of ether oxygens (including phenoxy) is 2. The number of carbonyl (C=O) groups excluding carboxylic acids is 2. The molecule has 2 aromatic rings. The van der Waals surface area contributed by atoms with Gasteiger partial charge in [-0.15, -0.1) is 0 Å². The first-order valence-electron chi connectivity index (χ1n) is 7.43. The molecule has 2 amide bonds. The van der Waals surface area contributed by atoms with Gasteiger partial charge < -0.3 is 14.6 Å². The fourth-order valence-corrected chi connectivity index (χ4v) is 3.53. The number of hydrogen-bond donors (Lipinski definition) is 1. The normalized spacial score (nSPS) is 15.7. The Morgan fingerprint density at radius 3 is 2.50 bits per heavy atom. The number of aromatic hydroxyl groups is 1. The molecule has 26 heavy (non-hydrogen) atoms. The Labute approximate surface area is 159 Å². The SMILES string of the molecule is COc1ccccc1N1C(=O)SC(=Cc2cc(Cl)c(O)c(OC)c2)C1=O. The molecular formula is C18H14ClNO5S. The van der Waals surface area contributed by atoms with Crippen LogP contribution in [-0.4, -0.2) is 30.5 Å². The van der Waals surface area contributed by atoms with Crippen molar-refractivity contribution in [1.29, 1.82) is 0 Å². The minimum atomic E-state index is -0.465.